The molecule has 1 aliphatic rings. The molecule has 2 N–H and O–H groups in total. The van der Waals surface area contributed by atoms with Gasteiger partial charge in [-0.05, 0) is 57.1 Å². The highest BCUT2D eigenvalue weighted by Gasteiger charge is 2.12. The van der Waals surface area contributed by atoms with E-state index >= 15 is 0 Å². The van der Waals surface area contributed by atoms with Crippen LogP contribution in [-0.2, 0) is 10.8 Å². The second-order valence-corrected chi connectivity index (χ2v) is 6.21. The molecule has 3 nitrogen and oxygen atoms in total. The Hall–Kier alpha value is -0.940. The van der Waals surface area contributed by atoms with Gasteiger partial charge < -0.3 is 10.6 Å². The third-order valence-corrected chi connectivity index (χ3v) is 4.68. The summed E-state index contributed by atoms with van der Waals surface area (Å²) in [6.07, 6.45) is 3.43. The van der Waals surface area contributed by atoms with Crippen LogP contribution in [0.4, 0.5) is 10.1 Å². The highest BCUT2D eigenvalue weighted by atomic mass is 32.2. The van der Waals surface area contributed by atoms with Gasteiger partial charge in [0.25, 0.3) is 0 Å². The van der Waals surface area contributed by atoms with Crippen molar-refractivity contribution in [3.8, 4) is 0 Å². The molecule has 0 spiro atoms. The number of halogens is 1. The quantitative estimate of drug-likeness (QED) is 0.832. The van der Waals surface area contributed by atoms with Crippen LogP contribution in [0.15, 0.2) is 23.1 Å². The number of hydrogen-bond donors (Lipinski definition) is 1. The van der Waals surface area contributed by atoms with Crippen LogP contribution < -0.4 is 5.73 Å². The zero-order valence-electron chi connectivity index (χ0n) is 10.4. The van der Waals surface area contributed by atoms with Crippen LogP contribution in [0.3, 0.4) is 0 Å². The summed E-state index contributed by atoms with van der Waals surface area (Å²) in [6, 6.07) is 4.40. The Morgan fingerprint density at radius 3 is 2.72 bits per heavy atom. The molecular formula is C13H19FN2OS. The molecule has 1 saturated heterocycles. The lowest BCUT2D eigenvalue weighted by Gasteiger charge is -2.13. The average Bonchev–Trinajstić information content (AvgIpc) is 2.85. The zero-order chi connectivity index (χ0) is 13.0. The molecule has 1 atom stereocenters. The van der Waals surface area contributed by atoms with Crippen molar-refractivity contribution in [3.05, 3.63) is 24.0 Å². The average molecular weight is 270 g/mol. The zero-order valence-corrected chi connectivity index (χ0v) is 11.2. The molecule has 0 aromatic heterocycles. The van der Waals surface area contributed by atoms with Crippen molar-refractivity contribution in [2.75, 3.05) is 31.1 Å². The smallest absolute Gasteiger partial charge is 0.147 e. The van der Waals surface area contributed by atoms with Gasteiger partial charge in [0.2, 0.25) is 0 Å². The summed E-state index contributed by atoms with van der Waals surface area (Å²) in [4.78, 5) is 2.92. The van der Waals surface area contributed by atoms with E-state index in [1.807, 2.05) is 0 Å². The van der Waals surface area contributed by atoms with Gasteiger partial charge in [-0.1, -0.05) is 0 Å². The third kappa shape index (κ3) is 3.53. The van der Waals surface area contributed by atoms with Crippen molar-refractivity contribution in [1.29, 1.82) is 0 Å². The first kappa shape index (κ1) is 13.5. The SMILES string of the molecule is Nc1ccc(S(=O)CCCN2CCCC2)cc1F. The number of hydrogen-bond acceptors (Lipinski definition) is 3. The van der Waals surface area contributed by atoms with Gasteiger partial charge in [-0.15, -0.1) is 0 Å². The third-order valence-electron chi connectivity index (χ3n) is 3.24. The first-order valence-electron chi connectivity index (χ1n) is 6.32. The highest BCUT2D eigenvalue weighted by molar-refractivity contribution is 7.85. The van der Waals surface area contributed by atoms with E-state index in [0.717, 1.165) is 26.1 Å². The van der Waals surface area contributed by atoms with Crippen molar-refractivity contribution in [1.82, 2.24) is 4.90 Å². The number of likely N-dealkylation sites (tertiary alicyclic amines) is 1. The van der Waals surface area contributed by atoms with E-state index in [1.165, 1.54) is 25.0 Å². The molecule has 0 radical (unpaired) electrons. The predicted molar refractivity (Wildman–Crippen MR) is 72.4 cm³/mol. The van der Waals surface area contributed by atoms with Gasteiger partial charge in [0.05, 0.1) is 16.5 Å². The fourth-order valence-corrected chi connectivity index (χ4v) is 3.27. The Morgan fingerprint density at radius 1 is 1.33 bits per heavy atom. The van der Waals surface area contributed by atoms with Gasteiger partial charge in [0.15, 0.2) is 0 Å². The van der Waals surface area contributed by atoms with Crippen LogP contribution in [0.25, 0.3) is 0 Å². The molecule has 18 heavy (non-hydrogen) atoms. The number of anilines is 1. The van der Waals surface area contributed by atoms with Crippen LogP contribution in [0.5, 0.6) is 0 Å². The van der Waals surface area contributed by atoms with Gasteiger partial charge in [-0.25, -0.2) is 4.39 Å². The molecule has 1 fully saturated rings. The fourth-order valence-electron chi connectivity index (χ4n) is 2.19. The Morgan fingerprint density at radius 2 is 2.06 bits per heavy atom. The molecule has 2 rings (SSSR count). The van der Waals surface area contributed by atoms with E-state index in [2.05, 4.69) is 4.90 Å². The molecule has 0 saturated carbocycles. The first-order chi connectivity index (χ1) is 8.66. The maximum absolute atomic E-state index is 13.2. The van der Waals surface area contributed by atoms with E-state index in [-0.39, 0.29) is 5.69 Å². The van der Waals surface area contributed by atoms with E-state index < -0.39 is 16.6 Å². The molecule has 0 aliphatic carbocycles. The van der Waals surface area contributed by atoms with Crippen LogP contribution >= 0.6 is 0 Å². The van der Waals surface area contributed by atoms with Crippen molar-refractivity contribution < 1.29 is 8.60 Å². The summed E-state index contributed by atoms with van der Waals surface area (Å²) in [5, 5.41) is 0. The lowest BCUT2D eigenvalue weighted by molar-refractivity contribution is 0.340. The molecule has 1 heterocycles. The van der Waals surface area contributed by atoms with E-state index in [9.17, 15) is 8.60 Å². The Kier molecular flexibility index (Phi) is 4.72. The van der Waals surface area contributed by atoms with E-state index in [0.29, 0.717) is 10.6 Å². The van der Waals surface area contributed by atoms with Crippen LogP contribution in [0, 0.1) is 5.82 Å². The first-order valence-corrected chi connectivity index (χ1v) is 7.64. The maximum atomic E-state index is 13.2. The second-order valence-electron chi connectivity index (χ2n) is 4.64. The van der Waals surface area contributed by atoms with Crippen molar-refractivity contribution in [3.63, 3.8) is 0 Å². The van der Waals surface area contributed by atoms with Crippen LogP contribution in [0.2, 0.25) is 0 Å². The van der Waals surface area contributed by atoms with E-state index in [1.54, 1.807) is 6.07 Å². The monoisotopic (exact) mass is 270 g/mol. The molecule has 1 unspecified atom stereocenters. The van der Waals surface area contributed by atoms with Crippen LogP contribution in [-0.4, -0.2) is 34.5 Å². The number of benzene rings is 1. The van der Waals surface area contributed by atoms with Gasteiger partial charge in [0.1, 0.15) is 5.82 Å². The minimum absolute atomic E-state index is 0.104. The number of rotatable bonds is 5. The number of nitrogens with zero attached hydrogens (tertiary/aromatic N) is 1. The normalized spacial score (nSPS) is 18.1. The molecule has 0 amide bonds. The molecule has 100 valence electrons. The lowest BCUT2D eigenvalue weighted by atomic mass is 10.3. The molecule has 0 bridgehead atoms. The van der Waals surface area contributed by atoms with Crippen molar-refractivity contribution >= 4 is 16.5 Å². The van der Waals surface area contributed by atoms with Gasteiger partial charge >= 0.3 is 0 Å². The molecule has 1 aromatic rings. The summed E-state index contributed by atoms with van der Waals surface area (Å²) < 4.78 is 25.2. The summed E-state index contributed by atoms with van der Waals surface area (Å²) in [5.41, 5.74) is 5.50. The summed E-state index contributed by atoms with van der Waals surface area (Å²) in [6.45, 7) is 3.30. The highest BCUT2D eigenvalue weighted by Crippen LogP contribution is 2.16. The fraction of sp³-hybridized carbons (Fsp3) is 0.538. The summed E-state index contributed by atoms with van der Waals surface area (Å²) in [7, 11) is -1.12. The number of nitrogens with two attached hydrogens (primary N) is 1. The molecule has 5 heteroatoms. The Labute approximate surface area is 110 Å². The van der Waals surface area contributed by atoms with Crippen molar-refractivity contribution in [2.24, 2.45) is 0 Å². The van der Waals surface area contributed by atoms with E-state index in [4.69, 9.17) is 5.73 Å². The lowest BCUT2D eigenvalue weighted by Crippen LogP contribution is -2.21. The minimum atomic E-state index is -1.12. The van der Waals surface area contributed by atoms with Gasteiger partial charge in [0, 0.05) is 10.6 Å². The Bertz CT molecular complexity index is 433. The summed E-state index contributed by atoms with van der Waals surface area (Å²) >= 11 is 0. The van der Waals surface area contributed by atoms with Gasteiger partial charge in [-0.2, -0.15) is 0 Å². The Balaban J connectivity index is 1.81. The van der Waals surface area contributed by atoms with Crippen LogP contribution in [0.1, 0.15) is 19.3 Å². The summed E-state index contributed by atoms with van der Waals surface area (Å²) in [5.74, 6) is 0.0974. The standard InChI is InChI=1S/C13H19FN2OS/c14-12-10-11(4-5-13(12)15)18(17)9-3-8-16-6-1-2-7-16/h4-5,10H,1-3,6-9,15H2. The maximum Gasteiger partial charge on any atom is 0.147 e. The second kappa shape index (κ2) is 6.29. The largest absolute Gasteiger partial charge is 0.396 e. The van der Waals surface area contributed by atoms with Crippen molar-refractivity contribution in [2.45, 2.75) is 24.2 Å². The molecule has 1 aliphatic heterocycles. The van der Waals surface area contributed by atoms with Gasteiger partial charge in [-0.3, -0.25) is 4.21 Å². The predicted octanol–water partition coefficient (Wildman–Crippen LogP) is 2.00. The molecular weight excluding hydrogens is 251 g/mol. The topological polar surface area (TPSA) is 46.3 Å². The molecule has 1 aromatic carbocycles. The number of nitrogen functional groups attached to an aromatic ring is 1. The minimum Gasteiger partial charge on any atom is -0.396 e.